The zero-order valence-electron chi connectivity index (χ0n) is 12.1. The molecule has 0 radical (unpaired) electrons. The molecule has 3 N–H and O–H groups in total. The van der Waals surface area contributed by atoms with Gasteiger partial charge in [0.25, 0.3) is 0 Å². The Balaban J connectivity index is 2.21. The van der Waals surface area contributed by atoms with Crippen molar-refractivity contribution in [2.45, 2.75) is 45.6 Å². The van der Waals surface area contributed by atoms with Crippen LogP contribution in [0.4, 0.5) is 4.79 Å². The van der Waals surface area contributed by atoms with Gasteiger partial charge in [-0.05, 0) is 44.8 Å². The standard InChI is InChI=1S/C13H22N2O4S/c1-12(2,3)15-11(19)14-9(16)7-20-8-13(4-5-13)6-10(17)18/h4-8H2,1-3H3,(H,17,18)(H2,14,15,16,19). The van der Waals surface area contributed by atoms with Crippen LogP contribution in [0.2, 0.25) is 0 Å². The average molecular weight is 302 g/mol. The second-order valence-corrected chi connectivity index (χ2v) is 7.30. The normalized spacial score (nSPS) is 16.4. The lowest BCUT2D eigenvalue weighted by Gasteiger charge is -2.20. The van der Waals surface area contributed by atoms with E-state index in [1.165, 1.54) is 11.8 Å². The van der Waals surface area contributed by atoms with Crippen LogP contribution >= 0.6 is 11.8 Å². The average Bonchev–Trinajstić information content (AvgIpc) is 2.93. The molecule has 1 fully saturated rings. The van der Waals surface area contributed by atoms with Crippen LogP contribution in [0.25, 0.3) is 0 Å². The molecule has 0 aromatic heterocycles. The van der Waals surface area contributed by atoms with E-state index in [1.807, 2.05) is 20.8 Å². The summed E-state index contributed by atoms with van der Waals surface area (Å²) in [5.41, 5.74) is -0.526. The molecule has 114 valence electrons. The highest BCUT2D eigenvalue weighted by Crippen LogP contribution is 2.50. The van der Waals surface area contributed by atoms with Crippen molar-refractivity contribution in [3.05, 3.63) is 0 Å². The molecule has 0 aliphatic heterocycles. The van der Waals surface area contributed by atoms with E-state index in [0.717, 1.165) is 12.8 Å². The van der Waals surface area contributed by atoms with Gasteiger partial charge < -0.3 is 10.4 Å². The fourth-order valence-electron chi connectivity index (χ4n) is 1.76. The van der Waals surface area contributed by atoms with E-state index in [4.69, 9.17) is 5.11 Å². The Morgan fingerprint density at radius 3 is 2.30 bits per heavy atom. The predicted molar refractivity (Wildman–Crippen MR) is 77.7 cm³/mol. The number of aliphatic carboxylic acids is 1. The van der Waals surface area contributed by atoms with Gasteiger partial charge in [0, 0.05) is 5.54 Å². The summed E-state index contributed by atoms with van der Waals surface area (Å²) < 4.78 is 0. The van der Waals surface area contributed by atoms with Gasteiger partial charge in [-0.1, -0.05) is 0 Å². The quantitative estimate of drug-likeness (QED) is 0.692. The predicted octanol–water partition coefficient (Wildman–Crippen LogP) is 1.60. The molecule has 0 bridgehead atoms. The minimum absolute atomic E-state index is 0.134. The van der Waals surface area contributed by atoms with Crippen molar-refractivity contribution >= 4 is 29.7 Å². The van der Waals surface area contributed by atoms with Gasteiger partial charge in [0.1, 0.15) is 0 Å². The Kier molecular flexibility index (Phi) is 5.44. The summed E-state index contributed by atoms with van der Waals surface area (Å²) in [5, 5.41) is 13.7. The Morgan fingerprint density at radius 2 is 1.85 bits per heavy atom. The number of amides is 3. The maximum Gasteiger partial charge on any atom is 0.321 e. The third-order valence-corrected chi connectivity index (χ3v) is 4.15. The third-order valence-electron chi connectivity index (χ3n) is 2.87. The lowest BCUT2D eigenvalue weighted by molar-refractivity contribution is -0.138. The van der Waals surface area contributed by atoms with Gasteiger partial charge in [-0.2, -0.15) is 11.8 Å². The van der Waals surface area contributed by atoms with E-state index in [2.05, 4.69) is 10.6 Å². The summed E-state index contributed by atoms with van der Waals surface area (Å²) in [5.74, 6) is -0.341. The molecule has 0 aromatic rings. The number of hydrogen-bond donors (Lipinski definition) is 3. The van der Waals surface area contributed by atoms with Crippen LogP contribution in [0.5, 0.6) is 0 Å². The lowest BCUT2D eigenvalue weighted by atomic mass is 10.1. The summed E-state index contributed by atoms with van der Waals surface area (Å²) in [6.45, 7) is 5.48. The number of carboxylic acids is 1. The molecule has 7 heteroatoms. The van der Waals surface area contributed by atoms with Crippen LogP contribution in [0.1, 0.15) is 40.0 Å². The zero-order valence-corrected chi connectivity index (χ0v) is 12.9. The number of carbonyl (C=O) groups excluding carboxylic acids is 2. The van der Waals surface area contributed by atoms with E-state index >= 15 is 0 Å². The van der Waals surface area contributed by atoms with Crippen molar-refractivity contribution in [1.82, 2.24) is 10.6 Å². The van der Waals surface area contributed by atoms with Gasteiger partial charge in [-0.25, -0.2) is 4.79 Å². The van der Waals surface area contributed by atoms with Crippen LogP contribution in [-0.4, -0.2) is 40.1 Å². The minimum atomic E-state index is -0.794. The SMILES string of the molecule is CC(C)(C)NC(=O)NC(=O)CSCC1(CC(=O)O)CC1. The second kappa shape index (κ2) is 6.47. The monoisotopic (exact) mass is 302 g/mol. The topological polar surface area (TPSA) is 95.5 Å². The minimum Gasteiger partial charge on any atom is -0.481 e. The summed E-state index contributed by atoms with van der Waals surface area (Å²) in [7, 11) is 0. The van der Waals surface area contributed by atoms with E-state index in [9.17, 15) is 14.4 Å². The molecule has 1 rings (SSSR count). The number of hydrogen-bond acceptors (Lipinski definition) is 4. The van der Waals surface area contributed by atoms with Gasteiger partial charge in [0.2, 0.25) is 5.91 Å². The van der Waals surface area contributed by atoms with Crippen LogP contribution in [-0.2, 0) is 9.59 Å². The number of carbonyl (C=O) groups is 3. The first-order valence-corrected chi connectivity index (χ1v) is 7.69. The van der Waals surface area contributed by atoms with Gasteiger partial charge in [-0.15, -0.1) is 0 Å². The Labute approximate surface area is 123 Å². The molecule has 1 aliphatic carbocycles. The van der Waals surface area contributed by atoms with E-state index < -0.39 is 17.5 Å². The second-order valence-electron chi connectivity index (χ2n) is 6.32. The first kappa shape index (κ1) is 16.8. The van der Waals surface area contributed by atoms with Gasteiger partial charge >= 0.3 is 12.0 Å². The van der Waals surface area contributed by atoms with Crippen LogP contribution in [0, 0.1) is 5.41 Å². The van der Waals surface area contributed by atoms with Crippen molar-refractivity contribution in [1.29, 1.82) is 0 Å². The van der Waals surface area contributed by atoms with Crippen LogP contribution < -0.4 is 10.6 Å². The number of nitrogens with one attached hydrogen (secondary N) is 2. The summed E-state index contributed by atoms with van der Waals surface area (Å²) >= 11 is 1.38. The first-order valence-electron chi connectivity index (χ1n) is 6.53. The maximum atomic E-state index is 11.6. The number of carboxylic acid groups (broad SMARTS) is 1. The summed E-state index contributed by atoms with van der Waals surface area (Å²) in [6.07, 6.45) is 1.96. The Bertz CT molecular complexity index is 400. The largest absolute Gasteiger partial charge is 0.481 e. The van der Waals surface area contributed by atoms with Crippen LogP contribution in [0.3, 0.4) is 0 Å². The van der Waals surface area contributed by atoms with Crippen molar-refractivity contribution in [2.75, 3.05) is 11.5 Å². The molecule has 20 heavy (non-hydrogen) atoms. The van der Waals surface area contributed by atoms with Crippen molar-refractivity contribution in [3.8, 4) is 0 Å². The van der Waals surface area contributed by atoms with Crippen molar-refractivity contribution in [2.24, 2.45) is 5.41 Å². The lowest BCUT2D eigenvalue weighted by Crippen LogP contribution is -2.48. The summed E-state index contributed by atoms with van der Waals surface area (Å²) in [4.78, 5) is 33.7. The van der Waals surface area contributed by atoms with Gasteiger partial charge in [-0.3, -0.25) is 14.9 Å². The molecule has 0 atom stereocenters. The molecular weight excluding hydrogens is 280 g/mol. The molecule has 6 nitrogen and oxygen atoms in total. The van der Waals surface area contributed by atoms with Gasteiger partial charge in [0.15, 0.2) is 0 Å². The summed E-state index contributed by atoms with van der Waals surface area (Å²) in [6, 6.07) is -0.505. The Morgan fingerprint density at radius 1 is 1.25 bits per heavy atom. The highest BCUT2D eigenvalue weighted by Gasteiger charge is 2.44. The van der Waals surface area contributed by atoms with Crippen molar-refractivity contribution < 1.29 is 19.5 Å². The highest BCUT2D eigenvalue weighted by molar-refractivity contribution is 8.00. The molecule has 0 saturated heterocycles. The Hall–Kier alpha value is -1.24. The van der Waals surface area contributed by atoms with Crippen molar-refractivity contribution in [3.63, 3.8) is 0 Å². The number of imide groups is 1. The molecule has 0 aromatic carbocycles. The number of rotatable bonds is 6. The molecule has 3 amide bonds. The molecule has 0 unspecified atom stereocenters. The number of urea groups is 1. The first-order chi connectivity index (χ1) is 9.12. The van der Waals surface area contributed by atoms with E-state index in [-0.39, 0.29) is 23.5 Å². The number of thioether (sulfide) groups is 1. The fraction of sp³-hybridized carbons (Fsp3) is 0.769. The van der Waals surface area contributed by atoms with Crippen LogP contribution in [0.15, 0.2) is 0 Å². The molecule has 0 heterocycles. The smallest absolute Gasteiger partial charge is 0.321 e. The maximum absolute atomic E-state index is 11.6. The van der Waals surface area contributed by atoms with E-state index in [0.29, 0.717) is 5.75 Å². The molecule has 1 aliphatic rings. The third kappa shape index (κ3) is 6.79. The fourth-order valence-corrected chi connectivity index (χ4v) is 2.95. The highest BCUT2D eigenvalue weighted by atomic mass is 32.2. The molecular formula is C13H22N2O4S. The van der Waals surface area contributed by atoms with E-state index in [1.54, 1.807) is 0 Å². The van der Waals surface area contributed by atoms with Gasteiger partial charge in [0.05, 0.1) is 12.2 Å². The molecule has 0 spiro atoms. The molecule has 1 saturated carbocycles. The zero-order chi connectivity index (χ0) is 15.4.